The number of unbranched alkanes of at least 4 members (excludes halogenated alkanes) is 11. The second-order valence-corrected chi connectivity index (χ2v) is 7.62. The van der Waals surface area contributed by atoms with Crippen molar-refractivity contribution in [3.63, 3.8) is 0 Å². The summed E-state index contributed by atoms with van der Waals surface area (Å²) in [5.74, 6) is -0.782. The molecule has 5 heteroatoms. The molecule has 30 heavy (non-hydrogen) atoms. The number of hydrogen-bond acceptors (Lipinski definition) is 3. The van der Waals surface area contributed by atoms with Crippen LogP contribution in [-0.4, -0.2) is 11.9 Å². The largest absolute Gasteiger partial charge is 1.00 e. The Balaban J connectivity index is 0. The standard InChI is InChI=1S/C25H39NO3.Na.H/c1-2-3-4-5-6-7-8-9-10-11-12-13-14-15-19-22-24(27)26-29-25(28)23-20-17-16-18-21-23;;/h9-10,16-18,20-21H,2-8,11-15,19,22H2,1H3,(H,26,27);;/q;+1;-1/b10-9-;;. The Morgan fingerprint density at radius 1 is 0.833 bits per heavy atom. The average molecular weight is 426 g/mol. The smallest absolute Gasteiger partial charge is 1.00 e. The molecule has 0 radical (unpaired) electrons. The molecule has 4 nitrogen and oxygen atoms in total. The van der Waals surface area contributed by atoms with E-state index in [1.807, 2.05) is 6.07 Å². The minimum Gasteiger partial charge on any atom is -1.00 e. The van der Waals surface area contributed by atoms with Gasteiger partial charge in [-0.3, -0.25) is 4.79 Å². The van der Waals surface area contributed by atoms with Gasteiger partial charge >= 0.3 is 35.5 Å². The van der Waals surface area contributed by atoms with Crippen molar-refractivity contribution in [2.24, 2.45) is 0 Å². The summed E-state index contributed by atoms with van der Waals surface area (Å²) in [5, 5.41) is 0. The van der Waals surface area contributed by atoms with Gasteiger partial charge in [0.1, 0.15) is 0 Å². The maximum absolute atomic E-state index is 11.7. The Hall–Kier alpha value is -1.10. The van der Waals surface area contributed by atoms with E-state index < -0.39 is 5.97 Å². The topological polar surface area (TPSA) is 55.4 Å². The van der Waals surface area contributed by atoms with Gasteiger partial charge in [0.2, 0.25) is 0 Å². The van der Waals surface area contributed by atoms with E-state index in [9.17, 15) is 9.59 Å². The number of carbonyl (C=O) groups excluding carboxylic acids is 2. The Kier molecular flexibility index (Phi) is 20.4. The summed E-state index contributed by atoms with van der Waals surface area (Å²) in [6.07, 6.45) is 21.0. The van der Waals surface area contributed by atoms with Crippen LogP contribution in [0.15, 0.2) is 42.5 Å². The van der Waals surface area contributed by atoms with Crippen molar-refractivity contribution in [2.75, 3.05) is 0 Å². The van der Waals surface area contributed by atoms with Crippen molar-refractivity contribution >= 4 is 11.9 Å². The molecule has 0 aliphatic heterocycles. The number of allylic oxidation sites excluding steroid dienone is 2. The van der Waals surface area contributed by atoms with E-state index in [0.717, 1.165) is 25.7 Å². The summed E-state index contributed by atoms with van der Waals surface area (Å²) < 4.78 is 0. The van der Waals surface area contributed by atoms with Gasteiger partial charge in [-0.15, -0.1) is 0 Å². The van der Waals surface area contributed by atoms with Gasteiger partial charge in [-0.1, -0.05) is 88.6 Å². The summed E-state index contributed by atoms with van der Waals surface area (Å²) in [5.41, 5.74) is 2.66. The van der Waals surface area contributed by atoms with Crippen molar-refractivity contribution in [1.29, 1.82) is 0 Å². The maximum Gasteiger partial charge on any atom is 1.00 e. The number of nitrogens with one attached hydrogen (secondary N) is 1. The Morgan fingerprint density at radius 2 is 1.37 bits per heavy atom. The van der Waals surface area contributed by atoms with Crippen LogP contribution in [-0.2, 0) is 9.63 Å². The Morgan fingerprint density at radius 3 is 1.97 bits per heavy atom. The molecule has 1 aromatic carbocycles. The van der Waals surface area contributed by atoms with Gasteiger partial charge in [-0.25, -0.2) is 4.79 Å². The first-order valence-corrected chi connectivity index (χ1v) is 11.4. The van der Waals surface area contributed by atoms with Crippen molar-refractivity contribution in [3.05, 3.63) is 48.0 Å². The molecule has 0 unspecified atom stereocenters. The Bertz CT molecular complexity index is 581. The fourth-order valence-electron chi connectivity index (χ4n) is 3.14. The third-order valence-corrected chi connectivity index (χ3v) is 4.93. The van der Waals surface area contributed by atoms with Crippen molar-refractivity contribution in [3.8, 4) is 0 Å². The normalized spacial score (nSPS) is 10.6. The second kappa shape index (κ2) is 21.1. The molecule has 0 spiro atoms. The van der Waals surface area contributed by atoms with E-state index >= 15 is 0 Å². The van der Waals surface area contributed by atoms with E-state index in [2.05, 4.69) is 24.6 Å². The van der Waals surface area contributed by atoms with Crippen molar-refractivity contribution in [2.45, 2.75) is 96.8 Å². The van der Waals surface area contributed by atoms with Crippen LogP contribution < -0.4 is 35.0 Å². The molecule has 0 fully saturated rings. The molecule has 1 rings (SSSR count). The first-order chi connectivity index (χ1) is 14.2. The van der Waals surface area contributed by atoms with Crippen molar-refractivity contribution in [1.82, 2.24) is 5.48 Å². The van der Waals surface area contributed by atoms with Crippen LogP contribution in [0.5, 0.6) is 0 Å². The van der Waals surface area contributed by atoms with Gasteiger partial charge < -0.3 is 6.26 Å². The van der Waals surface area contributed by atoms with Gasteiger partial charge in [0.05, 0.1) is 5.56 Å². The van der Waals surface area contributed by atoms with E-state index in [0.29, 0.717) is 12.0 Å². The molecule has 1 N–H and O–H groups in total. The molecule has 0 heterocycles. The summed E-state index contributed by atoms with van der Waals surface area (Å²) in [7, 11) is 0. The Labute approximate surface area is 207 Å². The van der Waals surface area contributed by atoms with E-state index in [-0.39, 0.29) is 36.9 Å². The number of hydroxylamine groups is 1. The molecule has 0 aliphatic rings. The zero-order valence-electron chi connectivity index (χ0n) is 20.2. The SMILES string of the molecule is CCCCCCCC/C=C\CCCCCCCC(=O)NOC(=O)c1ccccc1.[H-].[Na+]. The minimum absolute atomic E-state index is 0. The number of amides is 1. The van der Waals surface area contributed by atoms with Crippen LogP contribution in [0.2, 0.25) is 0 Å². The average Bonchev–Trinajstić information content (AvgIpc) is 2.75. The van der Waals surface area contributed by atoms with Crippen LogP contribution in [0, 0.1) is 0 Å². The predicted octanol–water partition coefficient (Wildman–Crippen LogP) is 4.03. The number of rotatable bonds is 16. The van der Waals surface area contributed by atoms with Crippen LogP contribution in [0.3, 0.4) is 0 Å². The van der Waals surface area contributed by atoms with Gasteiger partial charge in [-0.2, -0.15) is 5.48 Å². The summed E-state index contributed by atoms with van der Waals surface area (Å²) in [4.78, 5) is 28.3. The van der Waals surface area contributed by atoms with Gasteiger partial charge in [-0.05, 0) is 44.2 Å². The minimum atomic E-state index is -0.538. The zero-order valence-corrected chi connectivity index (χ0v) is 21.2. The number of benzene rings is 1. The quantitative estimate of drug-likeness (QED) is 0.188. The van der Waals surface area contributed by atoms with E-state index in [1.165, 1.54) is 57.8 Å². The number of hydrogen-bond donors (Lipinski definition) is 1. The monoisotopic (exact) mass is 425 g/mol. The maximum atomic E-state index is 11.7. The van der Waals surface area contributed by atoms with E-state index in [1.54, 1.807) is 24.3 Å². The molecule has 0 bridgehead atoms. The molecule has 0 aromatic heterocycles. The second-order valence-electron chi connectivity index (χ2n) is 7.62. The third kappa shape index (κ3) is 16.7. The molecule has 1 amide bonds. The molecule has 0 atom stereocenters. The molecule has 164 valence electrons. The van der Waals surface area contributed by atoms with Gasteiger partial charge in [0.25, 0.3) is 5.91 Å². The van der Waals surface area contributed by atoms with Gasteiger partial charge in [0.15, 0.2) is 0 Å². The van der Waals surface area contributed by atoms with Crippen LogP contribution in [0.1, 0.15) is 109 Å². The molecule has 1 aromatic rings. The van der Waals surface area contributed by atoms with Gasteiger partial charge in [0, 0.05) is 6.42 Å². The first kappa shape index (κ1) is 28.9. The fourth-order valence-corrected chi connectivity index (χ4v) is 3.14. The third-order valence-electron chi connectivity index (χ3n) is 4.93. The fraction of sp³-hybridized carbons (Fsp3) is 0.600. The first-order valence-electron chi connectivity index (χ1n) is 11.4. The van der Waals surface area contributed by atoms with Crippen LogP contribution in [0.25, 0.3) is 0 Å². The summed E-state index contributed by atoms with van der Waals surface area (Å²) >= 11 is 0. The van der Waals surface area contributed by atoms with E-state index in [4.69, 9.17) is 4.84 Å². The predicted molar refractivity (Wildman–Crippen MR) is 121 cm³/mol. The molecule has 0 saturated carbocycles. The molecular formula is C25H40NNaO3. The summed E-state index contributed by atoms with van der Waals surface area (Å²) in [6, 6.07) is 8.63. The number of carbonyl (C=O) groups is 2. The zero-order chi connectivity index (χ0) is 21.0. The molecule has 0 aliphatic carbocycles. The van der Waals surface area contributed by atoms with Crippen LogP contribution in [0.4, 0.5) is 0 Å². The van der Waals surface area contributed by atoms with Crippen LogP contribution >= 0.6 is 0 Å². The molecular weight excluding hydrogens is 385 g/mol. The summed E-state index contributed by atoms with van der Waals surface area (Å²) in [6.45, 7) is 2.26. The molecule has 0 saturated heterocycles. The van der Waals surface area contributed by atoms with Crippen molar-refractivity contribution < 1.29 is 45.4 Å².